The summed E-state index contributed by atoms with van der Waals surface area (Å²) in [6, 6.07) is 6.55. The van der Waals surface area contributed by atoms with Gasteiger partial charge in [0.05, 0.1) is 0 Å². The Labute approximate surface area is 107 Å². The first-order valence-corrected chi connectivity index (χ1v) is 6.75. The molecule has 90 valence electrons. The Morgan fingerprint density at radius 1 is 1.29 bits per heavy atom. The van der Waals surface area contributed by atoms with Crippen molar-refractivity contribution in [1.82, 2.24) is 4.98 Å². The van der Waals surface area contributed by atoms with E-state index in [1.54, 1.807) is 0 Å². The van der Waals surface area contributed by atoms with Crippen LogP contribution in [0.5, 0.6) is 0 Å². The molecule has 0 aliphatic rings. The van der Waals surface area contributed by atoms with Gasteiger partial charge in [0.2, 0.25) is 0 Å². The Kier molecular flexibility index (Phi) is 3.92. The first-order chi connectivity index (χ1) is 8.19. The smallest absolute Gasteiger partial charge is 0.0359 e. The van der Waals surface area contributed by atoms with E-state index in [0.29, 0.717) is 0 Å². The van der Waals surface area contributed by atoms with Crippen LogP contribution < -0.4 is 5.73 Å². The molecule has 2 rings (SSSR count). The Balaban J connectivity index is 2.08. The van der Waals surface area contributed by atoms with Crippen molar-refractivity contribution in [2.45, 2.75) is 32.7 Å². The monoisotopic (exact) mass is 246 g/mol. The lowest BCUT2D eigenvalue weighted by Gasteiger charge is -2.10. The zero-order valence-corrected chi connectivity index (χ0v) is 11.1. The van der Waals surface area contributed by atoms with Crippen LogP contribution in [-0.2, 0) is 12.8 Å². The first-order valence-electron chi connectivity index (χ1n) is 5.93. The normalized spacial score (nSPS) is 12.6. The highest BCUT2D eigenvalue weighted by Gasteiger charge is 2.09. The van der Waals surface area contributed by atoms with Gasteiger partial charge in [-0.2, -0.15) is 0 Å². The quantitative estimate of drug-likeness (QED) is 0.899. The molecular formula is C14H18N2S. The van der Waals surface area contributed by atoms with E-state index < -0.39 is 0 Å². The highest BCUT2D eigenvalue weighted by molar-refractivity contribution is 7.11. The molecule has 2 nitrogen and oxygen atoms in total. The van der Waals surface area contributed by atoms with Gasteiger partial charge >= 0.3 is 0 Å². The molecule has 2 aromatic rings. The zero-order valence-electron chi connectivity index (χ0n) is 10.3. The van der Waals surface area contributed by atoms with Gasteiger partial charge in [-0.15, -0.1) is 11.3 Å². The highest BCUT2D eigenvalue weighted by atomic mass is 32.1. The average molecular weight is 246 g/mol. The fraction of sp³-hybridized carbons (Fsp3) is 0.357. The van der Waals surface area contributed by atoms with Crippen LogP contribution in [0.2, 0.25) is 0 Å². The zero-order chi connectivity index (χ0) is 12.3. The number of aromatic nitrogens is 1. The molecule has 2 aromatic heterocycles. The third-order valence-electron chi connectivity index (χ3n) is 2.81. The summed E-state index contributed by atoms with van der Waals surface area (Å²) in [6.45, 7) is 4.23. The van der Waals surface area contributed by atoms with Crippen LogP contribution in [0.1, 0.15) is 33.8 Å². The van der Waals surface area contributed by atoms with Crippen LogP contribution in [0.15, 0.2) is 30.6 Å². The molecule has 0 saturated carbocycles. The van der Waals surface area contributed by atoms with Crippen molar-refractivity contribution in [2.24, 2.45) is 5.73 Å². The van der Waals surface area contributed by atoms with Crippen molar-refractivity contribution >= 4 is 11.3 Å². The molecule has 0 aliphatic heterocycles. The molecular weight excluding hydrogens is 228 g/mol. The SMILES string of the molecule is CCc1ccc(CC(N)c2cncc(C)c2)s1. The van der Waals surface area contributed by atoms with Gasteiger partial charge in [-0.3, -0.25) is 4.98 Å². The number of hydrogen-bond acceptors (Lipinski definition) is 3. The van der Waals surface area contributed by atoms with Gasteiger partial charge in [0.1, 0.15) is 0 Å². The molecule has 1 atom stereocenters. The van der Waals surface area contributed by atoms with E-state index in [2.05, 4.69) is 30.1 Å². The summed E-state index contributed by atoms with van der Waals surface area (Å²) in [7, 11) is 0. The van der Waals surface area contributed by atoms with Crippen molar-refractivity contribution in [3.05, 3.63) is 51.5 Å². The molecule has 0 fully saturated rings. The minimum Gasteiger partial charge on any atom is -0.324 e. The maximum atomic E-state index is 6.21. The summed E-state index contributed by atoms with van der Waals surface area (Å²) in [6.07, 6.45) is 5.73. The molecule has 17 heavy (non-hydrogen) atoms. The Hall–Kier alpha value is -1.19. The number of rotatable bonds is 4. The minimum atomic E-state index is 0.0470. The number of nitrogens with zero attached hydrogens (tertiary/aromatic N) is 1. The van der Waals surface area contributed by atoms with Crippen LogP contribution >= 0.6 is 11.3 Å². The molecule has 0 bridgehead atoms. The number of aryl methyl sites for hydroxylation is 2. The molecule has 2 N–H and O–H groups in total. The van der Waals surface area contributed by atoms with Crippen LogP contribution in [0.4, 0.5) is 0 Å². The third-order valence-corrected chi connectivity index (χ3v) is 4.06. The lowest BCUT2D eigenvalue weighted by Crippen LogP contribution is -2.13. The van der Waals surface area contributed by atoms with E-state index in [1.807, 2.05) is 30.7 Å². The van der Waals surface area contributed by atoms with Crippen LogP contribution in [0.3, 0.4) is 0 Å². The topological polar surface area (TPSA) is 38.9 Å². The van der Waals surface area contributed by atoms with Gasteiger partial charge in [-0.1, -0.05) is 13.0 Å². The standard InChI is InChI=1S/C14H18N2S/c1-3-12-4-5-13(17-12)7-14(15)11-6-10(2)8-16-9-11/h4-6,8-9,14H,3,7,15H2,1-2H3. The van der Waals surface area contributed by atoms with Crippen LogP contribution in [-0.4, -0.2) is 4.98 Å². The summed E-state index contributed by atoms with van der Waals surface area (Å²) >= 11 is 1.86. The Bertz CT molecular complexity index is 490. The van der Waals surface area contributed by atoms with Gasteiger partial charge in [0.25, 0.3) is 0 Å². The molecule has 0 spiro atoms. The van der Waals surface area contributed by atoms with Crippen molar-refractivity contribution in [2.75, 3.05) is 0 Å². The van der Waals surface area contributed by atoms with Gasteiger partial charge in [0, 0.05) is 34.6 Å². The second-order valence-electron chi connectivity index (χ2n) is 4.33. The second kappa shape index (κ2) is 5.43. The fourth-order valence-corrected chi connectivity index (χ4v) is 2.85. The van der Waals surface area contributed by atoms with Crippen molar-refractivity contribution < 1.29 is 0 Å². The van der Waals surface area contributed by atoms with Crippen molar-refractivity contribution in [3.8, 4) is 0 Å². The largest absolute Gasteiger partial charge is 0.324 e. The summed E-state index contributed by atoms with van der Waals surface area (Å²) in [4.78, 5) is 6.97. The molecule has 0 saturated heterocycles. The molecule has 3 heteroatoms. The maximum absolute atomic E-state index is 6.21. The lowest BCUT2D eigenvalue weighted by atomic mass is 10.0. The van der Waals surface area contributed by atoms with Crippen LogP contribution in [0.25, 0.3) is 0 Å². The molecule has 1 unspecified atom stereocenters. The summed E-state index contributed by atoms with van der Waals surface area (Å²) in [5.41, 5.74) is 8.50. The Morgan fingerprint density at radius 2 is 2.06 bits per heavy atom. The lowest BCUT2D eigenvalue weighted by molar-refractivity contribution is 0.725. The summed E-state index contributed by atoms with van der Waals surface area (Å²) in [5.74, 6) is 0. The average Bonchev–Trinajstić information content (AvgIpc) is 2.77. The van der Waals surface area contributed by atoms with Gasteiger partial charge in [0.15, 0.2) is 0 Å². The predicted molar refractivity (Wildman–Crippen MR) is 73.3 cm³/mol. The summed E-state index contributed by atoms with van der Waals surface area (Å²) in [5, 5.41) is 0. The molecule has 0 aliphatic carbocycles. The van der Waals surface area contributed by atoms with E-state index in [1.165, 1.54) is 15.3 Å². The van der Waals surface area contributed by atoms with Crippen LogP contribution in [0, 0.1) is 6.92 Å². The first kappa shape index (κ1) is 12.3. The molecule has 2 heterocycles. The molecule has 0 amide bonds. The minimum absolute atomic E-state index is 0.0470. The summed E-state index contributed by atoms with van der Waals surface area (Å²) < 4.78 is 0. The number of pyridine rings is 1. The predicted octanol–water partition coefficient (Wildman–Crippen LogP) is 3.26. The van der Waals surface area contributed by atoms with Gasteiger partial charge in [-0.05, 0) is 36.6 Å². The third kappa shape index (κ3) is 3.14. The molecule has 0 aromatic carbocycles. The number of nitrogens with two attached hydrogens (primary N) is 1. The van der Waals surface area contributed by atoms with Gasteiger partial charge < -0.3 is 5.73 Å². The highest BCUT2D eigenvalue weighted by Crippen LogP contribution is 2.22. The maximum Gasteiger partial charge on any atom is 0.0359 e. The van der Waals surface area contributed by atoms with E-state index >= 15 is 0 Å². The van der Waals surface area contributed by atoms with Crippen molar-refractivity contribution in [1.29, 1.82) is 0 Å². The fourth-order valence-electron chi connectivity index (χ4n) is 1.84. The van der Waals surface area contributed by atoms with Gasteiger partial charge in [-0.25, -0.2) is 0 Å². The Morgan fingerprint density at radius 3 is 2.71 bits per heavy atom. The number of hydrogen-bond donors (Lipinski definition) is 1. The molecule has 0 radical (unpaired) electrons. The second-order valence-corrected chi connectivity index (χ2v) is 5.58. The van der Waals surface area contributed by atoms with E-state index in [0.717, 1.165) is 18.4 Å². The van der Waals surface area contributed by atoms with E-state index in [-0.39, 0.29) is 6.04 Å². The van der Waals surface area contributed by atoms with E-state index in [9.17, 15) is 0 Å². The number of thiophene rings is 1. The van der Waals surface area contributed by atoms with Crippen molar-refractivity contribution in [3.63, 3.8) is 0 Å². The van der Waals surface area contributed by atoms with E-state index in [4.69, 9.17) is 5.73 Å².